The van der Waals surface area contributed by atoms with Crippen molar-refractivity contribution >= 4 is 17.5 Å². The molecule has 0 atom stereocenters. The number of hydrogen-bond acceptors (Lipinski definition) is 5. The minimum absolute atomic E-state index is 0.0643. The molecule has 2 aromatic rings. The van der Waals surface area contributed by atoms with Gasteiger partial charge in [0.1, 0.15) is 5.69 Å². The van der Waals surface area contributed by atoms with Crippen LogP contribution in [0.2, 0.25) is 0 Å². The first-order chi connectivity index (χ1) is 13.6. The van der Waals surface area contributed by atoms with Gasteiger partial charge in [-0.15, -0.1) is 0 Å². The molecule has 2 aliphatic rings. The van der Waals surface area contributed by atoms with E-state index in [9.17, 15) is 9.59 Å². The van der Waals surface area contributed by atoms with Crippen LogP contribution in [-0.2, 0) is 4.74 Å². The fraction of sp³-hybridized carbons (Fsp3) is 0.450. The Kier molecular flexibility index (Phi) is 5.29. The van der Waals surface area contributed by atoms with Gasteiger partial charge in [0, 0.05) is 49.0 Å². The van der Waals surface area contributed by atoms with Gasteiger partial charge in [-0.05, 0) is 43.2 Å². The van der Waals surface area contributed by atoms with Crippen LogP contribution in [0.4, 0.5) is 5.69 Å². The smallest absolute Gasteiger partial charge is 0.269 e. The van der Waals surface area contributed by atoms with E-state index in [0.717, 1.165) is 50.5 Å². The van der Waals surface area contributed by atoms with Crippen molar-refractivity contribution in [3.8, 4) is 0 Å². The average molecular weight is 383 g/mol. The van der Waals surface area contributed by atoms with Crippen LogP contribution >= 0.6 is 0 Å². The number of ether oxygens (including phenoxy) is 1. The van der Waals surface area contributed by atoms with Crippen LogP contribution in [0.5, 0.6) is 0 Å². The Balaban J connectivity index is 1.35. The highest BCUT2D eigenvalue weighted by Gasteiger charge is 2.26. The Bertz CT molecular complexity index is 834. The van der Waals surface area contributed by atoms with Gasteiger partial charge in [0.15, 0.2) is 0 Å². The topological polar surface area (TPSA) is 105 Å². The number of morpholine rings is 1. The van der Waals surface area contributed by atoms with Gasteiger partial charge >= 0.3 is 0 Å². The summed E-state index contributed by atoms with van der Waals surface area (Å²) in [5, 5.41) is 6.85. The van der Waals surface area contributed by atoms with E-state index < -0.39 is 5.91 Å². The number of nitrogens with one attached hydrogen (secondary N) is 1. The zero-order valence-corrected chi connectivity index (χ0v) is 15.8. The molecular weight excluding hydrogens is 358 g/mol. The van der Waals surface area contributed by atoms with E-state index in [1.165, 1.54) is 0 Å². The van der Waals surface area contributed by atoms with E-state index in [-0.39, 0.29) is 17.5 Å². The molecule has 1 aromatic heterocycles. The van der Waals surface area contributed by atoms with Crippen molar-refractivity contribution in [3.05, 3.63) is 47.3 Å². The summed E-state index contributed by atoms with van der Waals surface area (Å²) in [6.07, 6.45) is 1.66. The number of piperidine rings is 1. The monoisotopic (exact) mass is 383 g/mol. The molecule has 28 heavy (non-hydrogen) atoms. The minimum Gasteiger partial charge on any atom is -0.378 e. The van der Waals surface area contributed by atoms with Crippen LogP contribution < -0.4 is 10.6 Å². The zero-order valence-electron chi connectivity index (χ0n) is 15.8. The molecule has 8 heteroatoms. The van der Waals surface area contributed by atoms with Crippen molar-refractivity contribution in [2.45, 2.75) is 18.8 Å². The van der Waals surface area contributed by atoms with Gasteiger partial charge in [0.25, 0.3) is 11.8 Å². The molecule has 1 aromatic carbocycles. The number of carbonyl (C=O) groups is 2. The Morgan fingerprint density at radius 3 is 2.36 bits per heavy atom. The number of amides is 2. The molecule has 0 aliphatic carbocycles. The normalized spacial score (nSPS) is 18.3. The summed E-state index contributed by atoms with van der Waals surface area (Å²) in [6.45, 7) is 4.61. The van der Waals surface area contributed by atoms with Crippen molar-refractivity contribution < 1.29 is 14.3 Å². The summed E-state index contributed by atoms with van der Waals surface area (Å²) in [5.41, 5.74) is 8.27. The number of aromatic amines is 1. The highest BCUT2D eigenvalue weighted by molar-refractivity contribution is 5.94. The van der Waals surface area contributed by atoms with E-state index in [0.29, 0.717) is 18.7 Å². The third-order valence-electron chi connectivity index (χ3n) is 5.56. The molecule has 2 amide bonds. The molecule has 0 saturated carbocycles. The average Bonchev–Trinajstić information content (AvgIpc) is 3.25. The first-order valence-corrected chi connectivity index (χ1v) is 9.69. The predicted molar refractivity (Wildman–Crippen MR) is 104 cm³/mol. The number of H-pyrrole nitrogens is 1. The minimum atomic E-state index is -0.532. The van der Waals surface area contributed by atoms with Crippen LogP contribution in [-0.4, -0.2) is 66.3 Å². The van der Waals surface area contributed by atoms with Gasteiger partial charge in [-0.1, -0.05) is 0 Å². The highest BCUT2D eigenvalue weighted by atomic mass is 16.5. The van der Waals surface area contributed by atoms with E-state index in [2.05, 4.69) is 15.1 Å². The summed E-state index contributed by atoms with van der Waals surface area (Å²) in [5.74, 6) is -0.210. The van der Waals surface area contributed by atoms with Gasteiger partial charge < -0.3 is 20.3 Å². The number of nitrogens with two attached hydrogens (primary N) is 1. The Morgan fingerprint density at radius 1 is 1.07 bits per heavy atom. The van der Waals surface area contributed by atoms with Crippen LogP contribution in [0.3, 0.4) is 0 Å². The number of anilines is 1. The first kappa shape index (κ1) is 18.5. The maximum Gasteiger partial charge on any atom is 0.269 e. The maximum absolute atomic E-state index is 12.8. The Hall–Kier alpha value is -2.87. The highest BCUT2D eigenvalue weighted by Crippen LogP contribution is 2.28. The second-order valence-electron chi connectivity index (χ2n) is 7.29. The quantitative estimate of drug-likeness (QED) is 0.830. The molecule has 0 bridgehead atoms. The van der Waals surface area contributed by atoms with Gasteiger partial charge in [0.2, 0.25) is 0 Å². The van der Waals surface area contributed by atoms with E-state index >= 15 is 0 Å². The number of primary amides is 1. The molecule has 0 radical (unpaired) electrons. The second-order valence-corrected chi connectivity index (χ2v) is 7.29. The number of carbonyl (C=O) groups excluding carboxylic acids is 2. The van der Waals surface area contributed by atoms with Crippen molar-refractivity contribution in [1.29, 1.82) is 0 Å². The number of hydrogen-bond donors (Lipinski definition) is 2. The fourth-order valence-corrected chi connectivity index (χ4v) is 3.88. The maximum atomic E-state index is 12.8. The molecule has 3 heterocycles. The molecule has 0 spiro atoms. The zero-order chi connectivity index (χ0) is 19.5. The first-order valence-electron chi connectivity index (χ1n) is 9.69. The number of likely N-dealkylation sites (tertiary alicyclic amines) is 1. The lowest BCUT2D eigenvalue weighted by Crippen LogP contribution is -2.38. The third-order valence-corrected chi connectivity index (χ3v) is 5.56. The van der Waals surface area contributed by atoms with Crippen molar-refractivity contribution in [2.24, 2.45) is 5.73 Å². The van der Waals surface area contributed by atoms with Crippen LogP contribution in [0, 0.1) is 0 Å². The molecule has 8 nitrogen and oxygen atoms in total. The summed E-state index contributed by atoms with van der Waals surface area (Å²) in [6, 6.07) is 9.57. The van der Waals surface area contributed by atoms with E-state index in [4.69, 9.17) is 10.5 Å². The van der Waals surface area contributed by atoms with Crippen LogP contribution in [0.15, 0.2) is 30.3 Å². The summed E-state index contributed by atoms with van der Waals surface area (Å²) in [4.78, 5) is 28.2. The molecule has 2 aliphatic heterocycles. The summed E-state index contributed by atoms with van der Waals surface area (Å²) in [7, 11) is 0. The predicted octanol–water partition coefficient (Wildman–Crippen LogP) is 1.36. The SMILES string of the molecule is NC(=O)c1cc(C2CCN(C(=O)c3ccc(N4CCOCC4)cc3)CC2)[nH]n1. The molecule has 0 unspecified atom stereocenters. The largest absolute Gasteiger partial charge is 0.378 e. The fourth-order valence-electron chi connectivity index (χ4n) is 3.88. The Morgan fingerprint density at radius 2 is 1.75 bits per heavy atom. The third kappa shape index (κ3) is 3.87. The lowest BCUT2D eigenvalue weighted by Gasteiger charge is -2.32. The summed E-state index contributed by atoms with van der Waals surface area (Å²) < 4.78 is 5.38. The lowest BCUT2D eigenvalue weighted by atomic mass is 9.93. The summed E-state index contributed by atoms with van der Waals surface area (Å²) >= 11 is 0. The van der Waals surface area contributed by atoms with Crippen molar-refractivity contribution in [3.63, 3.8) is 0 Å². The van der Waals surface area contributed by atoms with Crippen LogP contribution in [0.1, 0.15) is 45.3 Å². The second kappa shape index (κ2) is 8.02. The van der Waals surface area contributed by atoms with Gasteiger partial charge in [0.05, 0.1) is 13.2 Å². The van der Waals surface area contributed by atoms with E-state index in [1.54, 1.807) is 6.07 Å². The molecule has 3 N–H and O–H groups in total. The van der Waals surface area contributed by atoms with Crippen molar-refractivity contribution in [2.75, 3.05) is 44.3 Å². The standard InChI is InChI=1S/C20H25N5O3/c21-19(26)18-13-17(22-23-18)14-5-7-25(8-6-14)20(27)15-1-3-16(4-2-15)24-9-11-28-12-10-24/h1-4,13-14H,5-12H2,(H2,21,26)(H,22,23). The van der Waals surface area contributed by atoms with Crippen LogP contribution in [0.25, 0.3) is 0 Å². The van der Waals surface area contributed by atoms with Gasteiger partial charge in [-0.3, -0.25) is 14.7 Å². The number of aromatic nitrogens is 2. The number of nitrogens with zero attached hydrogens (tertiary/aromatic N) is 3. The molecule has 2 saturated heterocycles. The molecular formula is C20H25N5O3. The molecule has 2 fully saturated rings. The van der Waals surface area contributed by atoms with Crippen molar-refractivity contribution in [1.82, 2.24) is 15.1 Å². The lowest BCUT2D eigenvalue weighted by molar-refractivity contribution is 0.0712. The van der Waals surface area contributed by atoms with Gasteiger partial charge in [-0.2, -0.15) is 5.10 Å². The van der Waals surface area contributed by atoms with E-state index in [1.807, 2.05) is 29.2 Å². The molecule has 148 valence electrons. The molecule has 4 rings (SSSR count). The van der Waals surface area contributed by atoms with Gasteiger partial charge in [-0.25, -0.2) is 0 Å². The Labute approximate surface area is 163 Å². The number of rotatable bonds is 4. The number of benzene rings is 1.